The summed E-state index contributed by atoms with van der Waals surface area (Å²) in [5.74, 6) is 0.886. The molecule has 17 heavy (non-hydrogen) atoms. The molecule has 2 N–H and O–H groups in total. The van der Waals surface area contributed by atoms with Gasteiger partial charge in [-0.15, -0.1) is 0 Å². The fourth-order valence-electron chi connectivity index (χ4n) is 2.92. The summed E-state index contributed by atoms with van der Waals surface area (Å²) in [6.45, 7) is 0.455. The fraction of sp³-hybridized carbons (Fsp3) is 0.929. The van der Waals surface area contributed by atoms with Crippen molar-refractivity contribution in [2.45, 2.75) is 69.8 Å². The first-order valence-corrected chi connectivity index (χ1v) is 7.17. The molecule has 2 aliphatic rings. The lowest BCUT2D eigenvalue weighted by Gasteiger charge is -2.36. The van der Waals surface area contributed by atoms with Crippen LogP contribution in [0.2, 0.25) is 0 Å². The SMILES string of the molecule is O=C(CCC1CCCCC1)NCC1(O)CCC1. The van der Waals surface area contributed by atoms with Gasteiger partial charge in [-0.1, -0.05) is 32.1 Å². The lowest BCUT2D eigenvalue weighted by atomic mass is 9.80. The minimum Gasteiger partial charge on any atom is -0.388 e. The second-order valence-corrected chi connectivity index (χ2v) is 5.90. The molecule has 2 saturated carbocycles. The average molecular weight is 239 g/mol. The highest BCUT2D eigenvalue weighted by Gasteiger charge is 2.34. The zero-order valence-electron chi connectivity index (χ0n) is 10.7. The van der Waals surface area contributed by atoms with E-state index in [1.165, 1.54) is 32.1 Å². The van der Waals surface area contributed by atoms with Crippen LogP contribution in [-0.2, 0) is 4.79 Å². The van der Waals surface area contributed by atoms with Crippen molar-refractivity contribution in [1.82, 2.24) is 5.32 Å². The van der Waals surface area contributed by atoms with Crippen molar-refractivity contribution in [3.8, 4) is 0 Å². The second kappa shape index (κ2) is 5.85. The minimum absolute atomic E-state index is 0.121. The lowest BCUT2D eigenvalue weighted by molar-refractivity contribution is -0.123. The molecule has 0 aromatic carbocycles. The van der Waals surface area contributed by atoms with Gasteiger partial charge in [0.05, 0.1) is 5.60 Å². The van der Waals surface area contributed by atoms with Crippen LogP contribution in [-0.4, -0.2) is 23.2 Å². The Morgan fingerprint density at radius 1 is 1.18 bits per heavy atom. The lowest BCUT2D eigenvalue weighted by Crippen LogP contribution is -2.47. The molecule has 0 unspecified atom stereocenters. The fourth-order valence-corrected chi connectivity index (χ4v) is 2.92. The quantitative estimate of drug-likeness (QED) is 0.774. The van der Waals surface area contributed by atoms with Gasteiger partial charge in [0.15, 0.2) is 0 Å². The van der Waals surface area contributed by atoms with Crippen molar-refractivity contribution >= 4 is 5.91 Å². The molecular weight excluding hydrogens is 214 g/mol. The third kappa shape index (κ3) is 3.98. The molecule has 0 bridgehead atoms. The van der Waals surface area contributed by atoms with Gasteiger partial charge in [0.2, 0.25) is 5.91 Å². The third-order valence-electron chi connectivity index (χ3n) is 4.40. The van der Waals surface area contributed by atoms with Crippen LogP contribution in [0, 0.1) is 5.92 Å². The summed E-state index contributed by atoms with van der Waals surface area (Å²) in [6, 6.07) is 0. The maximum atomic E-state index is 11.7. The van der Waals surface area contributed by atoms with Crippen LogP contribution in [0.3, 0.4) is 0 Å². The van der Waals surface area contributed by atoms with Gasteiger partial charge < -0.3 is 10.4 Å². The predicted octanol–water partition coefficient (Wildman–Crippen LogP) is 2.38. The van der Waals surface area contributed by atoms with Gasteiger partial charge in [0, 0.05) is 13.0 Å². The van der Waals surface area contributed by atoms with Crippen LogP contribution in [0.25, 0.3) is 0 Å². The minimum atomic E-state index is -0.583. The Balaban J connectivity index is 1.57. The van der Waals surface area contributed by atoms with E-state index in [9.17, 15) is 9.90 Å². The van der Waals surface area contributed by atoms with Crippen molar-refractivity contribution in [3.05, 3.63) is 0 Å². The number of aliphatic hydroxyl groups is 1. The largest absolute Gasteiger partial charge is 0.388 e. The Morgan fingerprint density at radius 2 is 1.88 bits per heavy atom. The van der Waals surface area contributed by atoms with E-state index in [1.54, 1.807) is 0 Å². The summed E-state index contributed by atoms with van der Waals surface area (Å²) >= 11 is 0. The zero-order chi connectivity index (χ0) is 12.1. The highest BCUT2D eigenvalue weighted by molar-refractivity contribution is 5.75. The normalized spacial score (nSPS) is 24.1. The molecule has 0 saturated heterocycles. The number of nitrogens with one attached hydrogen (secondary N) is 1. The number of amides is 1. The number of carbonyl (C=O) groups excluding carboxylic acids is 1. The highest BCUT2D eigenvalue weighted by Crippen LogP contribution is 2.31. The molecule has 0 aromatic rings. The van der Waals surface area contributed by atoms with Crippen molar-refractivity contribution in [1.29, 1.82) is 0 Å². The van der Waals surface area contributed by atoms with Gasteiger partial charge in [-0.05, 0) is 31.6 Å². The van der Waals surface area contributed by atoms with Gasteiger partial charge in [0.25, 0.3) is 0 Å². The molecule has 1 amide bonds. The predicted molar refractivity (Wildman–Crippen MR) is 67.6 cm³/mol. The Bertz CT molecular complexity index is 255. The van der Waals surface area contributed by atoms with Crippen LogP contribution >= 0.6 is 0 Å². The Morgan fingerprint density at radius 3 is 2.47 bits per heavy atom. The molecule has 2 rings (SSSR count). The molecule has 2 aliphatic carbocycles. The van der Waals surface area contributed by atoms with Crippen LogP contribution in [0.1, 0.15) is 64.2 Å². The molecule has 0 heterocycles. The Kier molecular flexibility index (Phi) is 4.43. The standard InChI is InChI=1S/C14H25NO2/c16-13(15-11-14(17)9-4-10-14)8-7-12-5-2-1-3-6-12/h12,17H,1-11H2,(H,15,16). The van der Waals surface area contributed by atoms with E-state index in [2.05, 4.69) is 5.32 Å². The summed E-state index contributed by atoms with van der Waals surface area (Å²) in [4.78, 5) is 11.7. The van der Waals surface area contributed by atoms with E-state index in [-0.39, 0.29) is 5.91 Å². The summed E-state index contributed by atoms with van der Waals surface area (Å²) < 4.78 is 0. The average Bonchev–Trinajstić information content (AvgIpc) is 2.33. The number of hydrogen-bond acceptors (Lipinski definition) is 2. The van der Waals surface area contributed by atoms with Crippen molar-refractivity contribution in [2.24, 2.45) is 5.92 Å². The van der Waals surface area contributed by atoms with E-state index in [0.29, 0.717) is 13.0 Å². The summed E-state index contributed by atoms with van der Waals surface area (Å²) in [5, 5.41) is 12.7. The Labute approximate surface area is 104 Å². The van der Waals surface area contributed by atoms with Gasteiger partial charge in [-0.25, -0.2) is 0 Å². The maximum Gasteiger partial charge on any atom is 0.220 e. The summed E-state index contributed by atoms with van der Waals surface area (Å²) in [6.07, 6.45) is 11.1. The first-order valence-electron chi connectivity index (χ1n) is 7.17. The number of rotatable bonds is 5. The van der Waals surface area contributed by atoms with Crippen molar-refractivity contribution in [3.63, 3.8) is 0 Å². The van der Waals surface area contributed by atoms with E-state index < -0.39 is 5.60 Å². The molecule has 2 fully saturated rings. The maximum absolute atomic E-state index is 11.7. The molecule has 98 valence electrons. The number of hydrogen-bond donors (Lipinski definition) is 2. The summed E-state index contributed by atoms with van der Waals surface area (Å²) in [5.41, 5.74) is -0.583. The molecule has 3 heteroatoms. The molecule has 0 atom stereocenters. The van der Waals surface area contributed by atoms with Gasteiger partial charge in [-0.3, -0.25) is 4.79 Å². The van der Waals surface area contributed by atoms with E-state index in [0.717, 1.165) is 31.6 Å². The van der Waals surface area contributed by atoms with E-state index >= 15 is 0 Å². The third-order valence-corrected chi connectivity index (χ3v) is 4.40. The van der Waals surface area contributed by atoms with E-state index in [1.807, 2.05) is 0 Å². The van der Waals surface area contributed by atoms with Crippen LogP contribution in [0.15, 0.2) is 0 Å². The molecular formula is C14H25NO2. The summed E-state index contributed by atoms with van der Waals surface area (Å²) in [7, 11) is 0. The molecule has 0 radical (unpaired) electrons. The highest BCUT2D eigenvalue weighted by atomic mass is 16.3. The van der Waals surface area contributed by atoms with Crippen LogP contribution in [0.4, 0.5) is 0 Å². The number of carbonyl (C=O) groups is 1. The molecule has 0 aromatic heterocycles. The van der Waals surface area contributed by atoms with Gasteiger partial charge in [0.1, 0.15) is 0 Å². The monoisotopic (exact) mass is 239 g/mol. The van der Waals surface area contributed by atoms with Crippen LogP contribution < -0.4 is 5.32 Å². The first kappa shape index (κ1) is 12.9. The van der Waals surface area contributed by atoms with Crippen molar-refractivity contribution < 1.29 is 9.90 Å². The second-order valence-electron chi connectivity index (χ2n) is 5.90. The van der Waals surface area contributed by atoms with Gasteiger partial charge in [-0.2, -0.15) is 0 Å². The molecule has 0 aliphatic heterocycles. The molecule has 3 nitrogen and oxygen atoms in total. The zero-order valence-corrected chi connectivity index (χ0v) is 10.7. The van der Waals surface area contributed by atoms with Crippen molar-refractivity contribution in [2.75, 3.05) is 6.54 Å². The van der Waals surface area contributed by atoms with E-state index in [4.69, 9.17) is 0 Å². The Hall–Kier alpha value is -0.570. The van der Waals surface area contributed by atoms with Crippen LogP contribution in [0.5, 0.6) is 0 Å². The topological polar surface area (TPSA) is 49.3 Å². The smallest absolute Gasteiger partial charge is 0.220 e. The van der Waals surface area contributed by atoms with Gasteiger partial charge >= 0.3 is 0 Å². The first-order chi connectivity index (χ1) is 8.18. The molecule has 0 spiro atoms.